The van der Waals surface area contributed by atoms with Crippen molar-refractivity contribution in [2.75, 3.05) is 42.0 Å². The van der Waals surface area contributed by atoms with Gasteiger partial charge in [0.15, 0.2) is 0 Å². The fraction of sp³-hybridized carbons (Fsp3) is 0.395. The number of hydrogen-bond acceptors (Lipinski definition) is 7. The maximum Gasteiger partial charge on any atom is 0.335 e. The van der Waals surface area contributed by atoms with Crippen LogP contribution in [0.3, 0.4) is 0 Å². The molecular formula is C38H45N5O4. The van der Waals surface area contributed by atoms with Crippen LogP contribution < -0.4 is 28.9 Å². The van der Waals surface area contributed by atoms with Crippen molar-refractivity contribution >= 4 is 28.9 Å². The van der Waals surface area contributed by atoms with Gasteiger partial charge in [0.05, 0.1) is 38.2 Å². The Morgan fingerprint density at radius 1 is 0.851 bits per heavy atom. The summed E-state index contributed by atoms with van der Waals surface area (Å²) in [6.07, 6.45) is 6.02. The van der Waals surface area contributed by atoms with Crippen molar-refractivity contribution in [1.82, 2.24) is 9.97 Å². The van der Waals surface area contributed by atoms with E-state index in [0.29, 0.717) is 41.8 Å². The van der Waals surface area contributed by atoms with Gasteiger partial charge in [0.2, 0.25) is 0 Å². The van der Waals surface area contributed by atoms with Crippen molar-refractivity contribution in [3.8, 4) is 17.2 Å². The number of hydrogen-bond donors (Lipinski definition) is 0. The number of fused-ring (bicyclic) bond motifs is 1. The van der Waals surface area contributed by atoms with Crippen molar-refractivity contribution < 1.29 is 19.0 Å². The lowest BCUT2D eigenvalue weighted by atomic mass is 10.0. The minimum Gasteiger partial charge on any atom is -0.497 e. The predicted octanol–water partition coefficient (Wildman–Crippen LogP) is 8.07. The predicted molar refractivity (Wildman–Crippen MR) is 187 cm³/mol. The van der Waals surface area contributed by atoms with Crippen molar-refractivity contribution in [3.05, 3.63) is 88.4 Å². The van der Waals surface area contributed by atoms with Gasteiger partial charge in [0.25, 0.3) is 0 Å². The number of anilines is 4. The summed E-state index contributed by atoms with van der Waals surface area (Å²) < 4.78 is 17.6. The molecule has 1 saturated heterocycles. The summed E-state index contributed by atoms with van der Waals surface area (Å²) in [5.74, 6) is 3.13. The molecule has 9 nitrogen and oxygen atoms in total. The largest absolute Gasteiger partial charge is 0.497 e. The zero-order valence-electron chi connectivity index (χ0n) is 28.6. The van der Waals surface area contributed by atoms with Crippen LogP contribution in [0.5, 0.6) is 17.2 Å². The van der Waals surface area contributed by atoms with E-state index in [9.17, 15) is 4.79 Å². The Labute approximate surface area is 278 Å². The average Bonchev–Trinajstić information content (AvgIpc) is 3.06. The number of nitrogens with zero attached hydrogens (tertiary/aromatic N) is 5. The fourth-order valence-electron chi connectivity index (χ4n) is 6.75. The highest BCUT2D eigenvalue weighted by molar-refractivity contribution is 6.11. The van der Waals surface area contributed by atoms with Crippen LogP contribution in [-0.2, 0) is 13.0 Å². The van der Waals surface area contributed by atoms with Gasteiger partial charge in [-0.2, -0.15) is 0 Å². The molecule has 9 heteroatoms. The number of ether oxygens (including phenoxy) is 3. The summed E-state index contributed by atoms with van der Waals surface area (Å²) >= 11 is 0. The van der Waals surface area contributed by atoms with Gasteiger partial charge < -0.3 is 19.1 Å². The number of piperidine rings is 1. The van der Waals surface area contributed by atoms with Crippen LogP contribution in [0.25, 0.3) is 0 Å². The summed E-state index contributed by atoms with van der Waals surface area (Å²) in [5, 5.41) is 0. The van der Waals surface area contributed by atoms with Crippen LogP contribution in [0.1, 0.15) is 66.8 Å². The Balaban J connectivity index is 1.44. The van der Waals surface area contributed by atoms with Crippen LogP contribution in [-0.4, -0.2) is 49.4 Å². The van der Waals surface area contributed by atoms with E-state index in [1.807, 2.05) is 64.2 Å². The number of aromatic nitrogens is 2. The molecule has 6 rings (SSSR count). The maximum atomic E-state index is 14.6. The van der Waals surface area contributed by atoms with E-state index in [2.05, 4.69) is 24.0 Å². The summed E-state index contributed by atoms with van der Waals surface area (Å²) in [7, 11) is 3.20. The van der Waals surface area contributed by atoms with Gasteiger partial charge >= 0.3 is 6.03 Å². The van der Waals surface area contributed by atoms with Gasteiger partial charge in [-0.15, -0.1) is 0 Å². The van der Waals surface area contributed by atoms with Gasteiger partial charge in [-0.25, -0.2) is 19.7 Å². The molecule has 4 aromatic rings. The number of para-hydroxylation sites is 1. The second-order valence-corrected chi connectivity index (χ2v) is 12.8. The van der Waals surface area contributed by atoms with Crippen LogP contribution in [0.4, 0.5) is 27.7 Å². The normalized spacial score (nSPS) is 14.8. The minimum atomic E-state index is -0.214. The Kier molecular flexibility index (Phi) is 9.25. The SMILES string of the molecule is COc1ccc(N2C(=O)N(c3c(C)cccc3C)Cc3cnc(Cc4cc(C)c(N5CCCCC5)cc4OC(C)C)nc32)c(OC)c1. The highest BCUT2D eigenvalue weighted by Gasteiger charge is 2.37. The summed E-state index contributed by atoms with van der Waals surface area (Å²) in [6, 6.07) is 15.7. The lowest BCUT2D eigenvalue weighted by Gasteiger charge is -2.37. The topological polar surface area (TPSA) is 80.3 Å². The first-order valence-electron chi connectivity index (χ1n) is 16.5. The molecule has 1 aromatic heterocycles. The molecule has 246 valence electrons. The first-order chi connectivity index (χ1) is 22.7. The van der Waals surface area contributed by atoms with Crippen LogP contribution >= 0.6 is 0 Å². The third kappa shape index (κ3) is 6.44. The summed E-state index contributed by atoms with van der Waals surface area (Å²) in [6.45, 7) is 12.8. The molecule has 0 unspecified atom stereocenters. The van der Waals surface area contributed by atoms with E-state index in [4.69, 9.17) is 24.2 Å². The molecular weight excluding hydrogens is 590 g/mol. The van der Waals surface area contributed by atoms with E-state index in [-0.39, 0.29) is 12.1 Å². The van der Waals surface area contributed by atoms with Crippen LogP contribution in [0.15, 0.2) is 54.7 Å². The van der Waals surface area contributed by atoms with Crippen molar-refractivity contribution in [2.45, 2.75) is 73.0 Å². The lowest BCUT2D eigenvalue weighted by molar-refractivity contribution is 0.240. The van der Waals surface area contributed by atoms with Crippen LogP contribution in [0.2, 0.25) is 0 Å². The number of carbonyl (C=O) groups is 1. The Morgan fingerprint density at radius 2 is 1.60 bits per heavy atom. The van der Waals surface area contributed by atoms with Crippen molar-refractivity contribution in [3.63, 3.8) is 0 Å². The number of urea groups is 1. The zero-order chi connectivity index (χ0) is 33.2. The number of amides is 2. The van der Waals surface area contributed by atoms with E-state index >= 15 is 0 Å². The molecule has 2 amide bonds. The van der Waals surface area contributed by atoms with Crippen LogP contribution in [0, 0.1) is 20.8 Å². The van der Waals surface area contributed by atoms with Gasteiger partial charge in [-0.05, 0) is 88.8 Å². The monoisotopic (exact) mass is 635 g/mol. The standard InChI is InChI=1S/C38H45N5O4/c1-24(2)47-33-21-32(41-16-9-8-10-17-41)27(5)18-28(33)19-35-39-22-29-23-42(36-25(3)12-11-13-26(36)4)38(44)43(37(29)40-35)31-15-14-30(45-6)20-34(31)46-7/h11-15,18,20-22,24H,8-10,16-17,19,23H2,1-7H3. The summed E-state index contributed by atoms with van der Waals surface area (Å²) in [5.41, 5.74) is 7.78. The molecule has 2 aliphatic heterocycles. The third-order valence-corrected chi connectivity index (χ3v) is 8.98. The molecule has 2 aliphatic rings. The third-order valence-electron chi connectivity index (χ3n) is 8.98. The number of carbonyl (C=O) groups excluding carboxylic acids is 1. The number of aryl methyl sites for hydroxylation is 3. The highest BCUT2D eigenvalue weighted by Crippen LogP contribution is 2.42. The highest BCUT2D eigenvalue weighted by atomic mass is 16.5. The molecule has 0 atom stereocenters. The first-order valence-corrected chi connectivity index (χ1v) is 16.5. The van der Waals surface area contributed by atoms with Gasteiger partial charge in [0.1, 0.15) is 28.9 Å². The molecule has 0 N–H and O–H groups in total. The average molecular weight is 636 g/mol. The Bertz CT molecular complexity index is 1760. The Morgan fingerprint density at radius 3 is 2.28 bits per heavy atom. The maximum absolute atomic E-state index is 14.6. The van der Waals surface area contributed by atoms with E-state index in [1.165, 1.54) is 30.5 Å². The molecule has 0 spiro atoms. The zero-order valence-corrected chi connectivity index (χ0v) is 28.6. The van der Waals surface area contributed by atoms with Gasteiger partial charge in [-0.3, -0.25) is 4.90 Å². The van der Waals surface area contributed by atoms with E-state index in [0.717, 1.165) is 46.8 Å². The molecule has 3 aromatic carbocycles. The molecule has 0 aliphatic carbocycles. The molecule has 0 radical (unpaired) electrons. The molecule has 0 saturated carbocycles. The Hall–Kier alpha value is -4.79. The molecule has 0 bridgehead atoms. The second kappa shape index (κ2) is 13.5. The smallest absolute Gasteiger partial charge is 0.335 e. The van der Waals surface area contributed by atoms with E-state index < -0.39 is 0 Å². The van der Waals surface area contributed by atoms with Gasteiger partial charge in [-0.1, -0.05) is 18.2 Å². The quantitative estimate of drug-likeness (QED) is 0.184. The first kappa shape index (κ1) is 32.2. The number of rotatable bonds is 9. The van der Waals surface area contributed by atoms with Gasteiger partial charge in [0, 0.05) is 54.7 Å². The second-order valence-electron chi connectivity index (χ2n) is 12.8. The lowest BCUT2D eigenvalue weighted by Crippen LogP contribution is -2.46. The molecule has 47 heavy (non-hydrogen) atoms. The van der Waals surface area contributed by atoms with E-state index in [1.54, 1.807) is 30.1 Å². The molecule has 1 fully saturated rings. The number of methoxy groups -OCH3 is 2. The fourth-order valence-corrected chi connectivity index (χ4v) is 6.75. The minimum absolute atomic E-state index is 0.0154. The molecule has 3 heterocycles. The number of benzene rings is 3. The summed E-state index contributed by atoms with van der Waals surface area (Å²) in [4.78, 5) is 30.4. The van der Waals surface area contributed by atoms with Crippen molar-refractivity contribution in [1.29, 1.82) is 0 Å². The van der Waals surface area contributed by atoms with Crippen molar-refractivity contribution in [2.24, 2.45) is 0 Å².